The third-order valence-corrected chi connectivity index (χ3v) is 5.56. The summed E-state index contributed by atoms with van der Waals surface area (Å²) in [7, 11) is 0. The Labute approximate surface area is 130 Å². The SMILES string of the molecule is Cc1ccccc1CC(CNC1CC1)C1CCCCCC1. The third kappa shape index (κ3) is 4.57. The van der Waals surface area contributed by atoms with Crippen molar-refractivity contribution < 1.29 is 0 Å². The number of aryl methyl sites for hydroxylation is 1. The molecule has 0 aliphatic heterocycles. The molecule has 1 nitrogen and oxygen atoms in total. The number of benzene rings is 1. The zero-order valence-electron chi connectivity index (χ0n) is 13.6. The van der Waals surface area contributed by atoms with Gasteiger partial charge in [0.05, 0.1) is 0 Å². The van der Waals surface area contributed by atoms with E-state index in [4.69, 9.17) is 0 Å². The van der Waals surface area contributed by atoms with E-state index in [0.717, 1.165) is 17.9 Å². The quantitative estimate of drug-likeness (QED) is 0.735. The Hall–Kier alpha value is -0.820. The molecule has 116 valence electrons. The van der Waals surface area contributed by atoms with Crippen molar-refractivity contribution in [2.75, 3.05) is 6.54 Å². The van der Waals surface area contributed by atoms with E-state index in [1.807, 2.05) is 0 Å². The van der Waals surface area contributed by atoms with Crippen LogP contribution in [0.1, 0.15) is 62.5 Å². The van der Waals surface area contributed by atoms with Crippen LogP contribution in [0.15, 0.2) is 24.3 Å². The second kappa shape index (κ2) is 7.45. The Kier molecular flexibility index (Phi) is 5.35. The fourth-order valence-corrected chi connectivity index (χ4v) is 3.91. The molecule has 1 aromatic carbocycles. The summed E-state index contributed by atoms with van der Waals surface area (Å²) in [6.07, 6.45) is 12.8. The van der Waals surface area contributed by atoms with E-state index in [1.165, 1.54) is 69.9 Å². The third-order valence-electron chi connectivity index (χ3n) is 5.56. The molecule has 0 radical (unpaired) electrons. The van der Waals surface area contributed by atoms with Gasteiger partial charge in [-0.3, -0.25) is 0 Å². The van der Waals surface area contributed by atoms with Crippen LogP contribution < -0.4 is 5.32 Å². The van der Waals surface area contributed by atoms with Crippen molar-refractivity contribution in [2.45, 2.75) is 70.8 Å². The number of hydrogen-bond acceptors (Lipinski definition) is 1. The van der Waals surface area contributed by atoms with Crippen molar-refractivity contribution in [1.29, 1.82) is 0 Å². The topological polar surface area (TPSA) is 12.0 Å². The van der Waals surface area contributed by atoms with Crippen molar-refractivity contribution >= 4 is 0 Å². The van der Waals surface area contributed by atoms with Gasteiger partial charge in [-0.15, -0.1) is 0 Å². The van der Waals surface area contributed by atoms with Crippen LogP contribution in [0.25, 0.3) is 0 Å². The van der Waals surface area contributed by atoms with Gasteiger partial charge in [0.2, 0.25) is 0 Å². The average Bonchev–Trinajstić information content (AvgIpc) is 3.32. The largest absolute Gasteiger partial charge is 0.314 e. The first-order valence-electron chi connectivity index (χ1n) is 9.11. The maximum atomic E-state index is 3.81. The minimum absolute atomic E-state index is 0.838. The fraction of sp³-hybridized carbons (Fsp3) is 0.700. The Balaban J connectivity index is 1.66. The summed E-state index contributed by atoms with van der Waals surface area (Å²) in [5.41, 5.74) is 3.05. The summed E-state index contributed by atoms with van der Waals surface area (Å²) >= 11 is 0. The summed E-state index contributed by atoms with van der Waals surface area (Å²) in [5.74, 6) is 1.78. The lowest BCUT2D eigenvalue weighted by molar-refractivity contribution is 0.283. The van der Waals surface area contributed by atoms with Crippen LogP contribution in [0.4, 0.5) is 0 Å². The predicted octanol–water partition coefficient (Wildman–Crippen LogP) is 4.88. The van der Waals surface area contributed by atoms with Crippen LogP contribution in [0.2, 0.25) is 0 Å². The molecular weight excluding hydrogens is 254 g/mol. The van der Waals surface area contributed by atoms with Crippen LogP contribution in [-0.4, -0.2) is 12.6 Å². The monoisotopic (exact) mass is 285 g/mol. The molecule has 0 aromatic heterocycles. The van der Waals surface area contributed by atoms with Crippen molar-refractivity contribution in [2.24, 2.45) is 11.8 Å². The van der Waals surface area contributed by atoms with Gasteiger partial charge in [-0.2, -0.15) is 0 Å². The molecule has 2 saturated carbocycles. The van der Waals surface area contributed by atoms with Crippen LogP contribution in [0, 0.1) is 18.8 Å². The highest BCUT2D eigenvalue weighted by Gasteiger charge is 2.27. The van der Waals surface area contributed by atoms with Crippen LogP contribution in [-0.2, 0) is 6.42 Å². The van der Waals surface area contributed by atoms with Gasteiger partial charge in [0.25, 0.3) is 0 Å². The van der Waals surface area contributed by atoms with Gasteiger partial charge in [-0.1, -0.05) is 62.8 Å². The number of nitrogens with one attached hydrogen (secondary N) is 1. The van der Waals surface area contributed by atoms with E-state index in [0.29, 0.717) is 0 Å². The molecular formula is C20H31N. The molecule has 0 heterocycles. The molecule has 3 rings (SSSR count). The Morgan fingerprint density at radius 1 is 1.00 bits per heavy atom. The zero-order valence-corrected chi connectivity index (χ0v) is 13.6. The lowest BCUT2D eigenvalue weighted by atomic mass is 9.81. The Morgan fingerprint density at radius 3 is 2.38 bits per heavy atom. The van der Waals surface area contributed by atoms with E-state index in [2.05, 4.69) is 36.5 Å². The van der Waals surface area contributed by atoms with Gasteiger partial charge in [-0.05, 0) is 55.7 Å². The van der Waals surface area contributed by atoms with Gasteiger partial charge in [0.15, 0.2) is 0 Å². The Bertz CT molecular complexity index is 427. The van der Waals surface area contributed by atoms with E-state index < -0.39 is 0 Å². The molecule has 0 saturated heterocycles. The normalized spacial score (nSPS) is 22.0. The van der Waals surface area contributed by atoms with Gasteiger partial charge in [-0.25, -0.2) is 0 Å². The molecule has 0 bridgehead atoms. The molecule has 2 aliphatic rings. The molecule has 0 spiro atoms. The lowest BCUT2D eigenvalue weighted by Crippen LogP contribution is -2.31. The van der Waals surface area contributed by atoms with E-state index in [-0.39, 0.29) is 0 Å². The van der Waals surface area contributed by atoms with Gasteiger partial charge in [0, 0.05) is 6.04 Å². The standard InChI is InChI=1S/C20H31N/c1-16-8-6-7-11-18(16)14-19(15-21-20-12-13-20)17-9-4-2-3-5-10-17/h6-8,11,17,19-21H,2-5,9-10,12-15H2,1H3. The van der Waals surface area contributed by atoms with Crippen LogP contribution in [0.3, 0.4) is 0 Å². The summed E-state index contributed by atoms with van der Waals surface area (Å²) in [6, 6.07) is 9.84. The maximum Gasteiger partial charge on any atom is 0.00683 e. The fourth-order valence-electron chi connectivity index (χ4n) is 3.91. The van der Waals surface area contributed by atoms with Crippen LogP contribution in [0.5, 0.6) is 0 Å². The summed E-state index contributed by atoms with van der Waals surface area (Å²) < 4.78 is 0. The van der Waals surface area contributed by atoms with Gasteiger partial charge in [0.1, 0.15) is 0 Å². The minimum atomic E-state index is 0.838. The maximum absolute atomic E-state index is 3.81. The van der Waals surface area contributed by atoms with Crippen molar-refractivity contribution in [3.63, 3.8) is 0 Å². The highest BCUT2D eigenvalue weighted by molar-refractivity contribution is 5.26. The molecule has 1 atom stereocenters. The smallest absolute Gasteiger partial charge is 0.00683 e. The summed E-state index contributed by atoms with van der Waals surface area (Å²) in [5, 5.41) is 3.81. The second-order valence-electron chi connectivity index (χ2n) is 7.32. The molecule has 0 amide bonds. The summed E-state index contributed by atoms with van der Waals surface area (Å²) in [6.45, 7) is 3.51. The Morgan fingerprint density at radius 2 is 1.71 bits per heavy atom. The van der Waals surface area contributed by atoms with Crippen molar-refractivity contribution in [3.05, 3.63) is 35.4 Å². The van der Waals surface area contributed by atoms with Gasteiger partial charge < -0.3 is 5.32 Å². The number of rotatable bonds is 6. The molecule has 1 heteroatoms. The van der Waals surface area contributed by atoms with Crippen molar-refractivity contribution in [1.82, 2.24) is 5.32 Å². The van der Waals surface area contributed by atoms with Crippen molar-refractivity contribution in [3.8, 4) is 0 Å². The lowest BCUT2D eigenvalue weighted by Gasteiger charge is -2.27. The average molecular weight is 285 g/mol. The van der Waals surface area contributed by atoms with E-state index in [9.17, 15) is 0 Å². The molecule has 2 fully saturated rings. The second-order valence-corrected chi connectivity index (χ2v) is 7.32. The molecule has 1 unspecified atom stereocenters. The first-order valence-corrected chi connectivity index (χ1v) is 9.11. The van der Waals surface area contributed by atoms with E-state index in [1.54, 1.807) is 5.56 Å². The molecule has 2 aliphatic carbocycles. The first kappa shape index (κ1) is 15.1. The highest BCUT2D eigenvalue weighted by Crippen LogP contribution is 2.32. The minimum Gasteiger partial charge on any atom is -0.314 e. The molecule has 1 aromatic rings. The molecule has 1 N–H and O–H groups in total. The number of hydrogen-bond donors (Lipinski definition) is 1. The van der Waals surface area contributed by atoms with Crippen LogP contribution >= 0.6 is 0 Å². The first-order chi connectivity index (χ1) is 10.3. The molecule has 21 heavy (non-hydrogen) atoms. The van der Waals surface area contributed by atoms with Gasteiger partial charge >= 0.3 is 0 Å². The highest BCUT2D eigenvalue weighted by atomic mass is 14.9. The summed E-state index contributed by atoms with van der Waals surface area (Å²) in [4.78, 5) is 0. The zero-order chi connectivity index (χ0) is 14.5. The van der Waals surface area contributed by atoms with E-state index >= 15 is 0 Å². The predicted molar refractivity (Wildman–Crippen MR) is 90.6 cm³/mol.